The number of benzene rings is 1. The predicted molar refractivity (Wildman–Crippen MR) is 73.1 cm³/mol. The highest BCUT2D eigenvalue weighted by molar-refractivity contribution is 7.10. The number of nitrogens with one attached hydrogen (secondary N) is 1. The fourth-order valence-corrected chi connectivity index (χ4v) is 2.51. The summed E-state index contributed by atoms with van der Waals surface area (Å²) >= 11 is 1.30. The zero-order chi connectivity index (χ0) is 15.5. The molecule has 0 saturated carbocycles. The second-order valence-electron chi connectivity index (χ2n) is 4.28. The van der Waals surface area contributed by atoms with Gasteiger partial charge in [-0.25, -0.2) is 0 Å². The minimum Gasteiger partial charge on any atom is -0.386 e. The summed E-state index contributed by atoms with van der Waals surface area (Å²) in [6.07, 6.45) is -5.53. The van der Waals surface area contributed by atoms with E-state index in [1.54, 1.807) is 17.5 Å². The largest absolute Gasteiger partial charge is 0.417 e. The van der Waals surface area contributed by atoms with E-state index in [4.69, 9.17) is 0 Å². The van der Waals surface area contributed by atoms with E-state index >= 15 is 0 Å². The summed E-state index contributed by atoms with van der Waals surface area (Å²) in [7, 11) is 0. The highest BCUT2D eigenvalue weighted by Gasteiger charge is 2.34. The SMILES string of the molecule is O=C(NCC(O)c1cccs1)c1ccccc1C(F)(F)F. The first-order valence-corrected chi connectivity index (χ1v) is 6.93. The van der Waals surface area contributed by atoms with Crippen LogP contribution in [0.25, 0.3) is 0 Å². The Morgan fingerprint density at radius 1 is 1.24 bits per heavy atom. The van der Waals surface area contributed by atoms with Crippen molar-refractivity contribution in [1.29, 1.82) is 0 Å². The van der Waals surface area contributed by atoms with Gasteiger partial charge in [-0.3, -0.25) is 4.79 Å². The molecule has 2 rings (SSSR count). The van der Waals surface area contributed by atoms with E-state index < -0.39 is 29.3 Å². The van der Waals surface area contributed by atoms with E-state index in [9.17, 15) is 23.1 Å². The molecule has 1 aromatic heterocycles. The number of amides is 1. The van der Waals surface area contributed by atoms with Gasteiger partial charge in [0.05, 0.1) is 11.1 Å². The van der Waals surface area contributed by atoms with E-state index in [0.717, 1.165) is 12.1 Å². The minimum atomic E-state index is -4.60. The molecule has 2 N–H and O–H groups in total. The number of rotatable bonds is 4. The number of halogens is 3. The van der Waals surface area contributed by atoms with E-state index in [0.29, 0.717) is 4.88 Å². The maximum atomic E-state index is 12.8. The van der Waals surface area contributed by atoms with Crippen molar-refractivity contribution in [2.45, 2.75) is 12.3 Å². The van der Waals surface area contributed by atoms with Crippen LogP contribution in [0.15, 0.2) is 41.8 Å². The van der Waals surface area contributed by atoms with Gasteiger partial charge in [-0.05, 0) is 23.6 Å². The Labute approximate surface area is 123 Å². The molecule has 1 aromatic carbocycles. The van der Waals surface area contributed by atoms with Crippen LogP contribution in [0.5, 0.6) is 0 Å². The molecule has 1 unspecified atom stereocenters. The van der Waals surface area contributed by atoms with Crippen LogP contribution in [0, 0.1) is 0 Å². The van der Waals surface area contributed by atoms with Gasteiger partial charge in [0.1, 0.15) is 6.10 Å². The van der Waals surface area contributed by atoms with Crippen molar-refractivity contribution in [3.63, 3.8) is 0 Å². The highest BCUT2D eigenvalue weighted by Crippen LogP contribution is 2.31. The van der Waals surface area contributed by atoms with Crippen LogP contribution in [0.2, 0.25) is 0 Å². The maximum absolute atomic E-state index is 12.8. The summed E-state index contributed by atoms with van der Waals surface area (Å²) in [5, 5.41) is 13.9. The minimum absolute atomic E-state index is 0.147. The van der Waals surface area contributed by atoms with Crippen LogP contribution in [-0.4, -0.2) is 17.6 Å². The lowest BCUT2D eigenvalue weighted by Gasteiger charge is -2.14. The van der Waals surface area contributed by atoms with Gasteiger partial charge in [-0.15, -0.1) is 11.3 Å². The Morgan fingerprint density at radius 3 is 2.57 bits per heavy atom. The van der Waals surface area contributed by atoms with Crippen LogP contribution in [0.3, 0.4) is 0 Å². The smallest absolute Gasteiger partial charge is 0.386 e. The van der Waals surface area contributed by atoms with Gasteiger partial charge in [0.15, 0.2) is 0 Å². The van der Waals surface area contributed by atoms with Gasteiger partial charge in [0.2, 0.25) is 0 Å². The van der Waals surface area contributed by atoms with E-state index in [1.165, 1.54) is 23.5 Å². The topological polar surface area (TPSA) is 49.3 Å². The predicted octanol–water partition coefficient (Wildman–Crippen LogP) is 3.23. The molecule has 0 fully saturated rings. The third kappa shape index (κ3) is 3.83. The molecule has 0 bridgehead atoms. The molecule has 21 heavy (non-hydrogen) atoms. The number of carbonyl (C=O) groups is 1. The zero-order valence-electron chi connectivity index (χ0n) is 10.7. The molecule has 1 amide bonds. The summed E-state index contributed by atoms with van der Waals surface area (Å²) in [5.41, 5.74) is -1.45. The Balaban J connectivity index is 2.08. The number of thiophene rings is 1. The quantitative estimate of drug-likeness (QED) is 0.910. The number of hydrogen-bond acceptors (Lipinski definition) is 3. The van der Waals surface area contributed by atoms with Gasteiger partial charge in [0.25, 0.3) is 5.91 Å². The van der Waals surface area contributed by atoms with Gasteiger partial charge in [0, 0.05) is 11.4 Å². The molecule has 1 heterocycles. The second-order valence-corrected chi connectivity index (χ2v) is 5.26. The fraction of sp³-hybridized carbons (Fsp3) is 0.214. The number of aliphatic hydroxyl groups excluding tert-OH is 1. The zero-order valence-corrected chi connectivity index (χ0v) is 11.5. The maximum Gasteiger partial charge on any atom is 0.417 e. The third-order valence-electron chi connectivity index (χ3n) is 2.80. The molecule has 0 radical (unpaired) electrons. The monoisotopic (exact) mass is 315 g/mol. The summed E-state index contributed by atoms with van der Waals surface area (Å²) < 4.78 is 38.4. The Morgan fingerprint density at radius 2 is 1.95 bits per heavy atom. The van der Waals surface area contributed by atoms with E-state index in [2.05, 4.69) is 5.32 Å². The molecular formula is C14H12F3NO2S. The summed E-state index contributed by atoms with van der Waals surface area (Å²) in [6.45, 7) is -0.147. The lowest BCUT2D eigenvalue weighted by molar-refractivity contribution is -0.137. The van der Waals surface area contributed by atoms with E-state index in [-0.39, 0.29) is 6.54 Å². The average Bonchev–Trinajstić information content (AvgIpc) is 2.97. The van der Waals surface area contributed by atoms with Gasteiger partial charge in [-0.1, -0.05) is 18.2 Å². The van der Waals surface area contributed by atoms with Crippen molar-refractivity contribution < 1.29 is 23.1 Å². The van der Waals surface area contributed by atoms with Crippen molar-refractivity contribution in [3.8, 4) is 0 Å². The van der Waals surface area contributed by atoms with Crippen LogP contribution < -0.4 is 5.32 Å². The number of carbonyl (C=O) groups excluding carboxylic acids is 1. The molecule has 112 valence electrons. The average molecular weight is 315 g/mol. The summed E-state index contributed by atoms with van der Waals surface area (Å²) in [5.74, 6) is -0.862. The van der Waals surface area contributed by atoms with Crippen LogP contribution in [-0.2, 0) is 6.18 Å². The summed E-state index contributed by atoms with van der Waals surface area (Å²) in [6, 6.07) is 7.97. The van der Waals surface area contributed by atoms with Crippen molar-refractivity contribution >= 4 is 17.2 Å². The molecule has 0 aliphatic rings. The molecule has 7 heteroatoms. The first-order valence-electron chi connectivity index (χ1n) is 6.05. The molecule has 0 saturated heterocycles. The molecule has 2 aromatic rings. The molecular weight excluding hydrogens is 303 g/mol. The molecule has 3 nitrogen and oxygen atoms in total. The van der Waals surface area contributed by atoms with Crippen molar-refractivity contribution in [3.05, 3.63) is 57.8 Å². The molecule has 1 atom stereocenters. The molecule has 0 spiro atoms. The number of aliphatic hydroxyl groups is 1. The lowest BCUT2D eigenvalue weighted by Crippen LogP contribution is -2.30. The number of hydrogen-bond donors (Lipinski definition) is 2. The van der Waals surface area contributed by atoms with Gasteiger partial charge >= 0.3 is 6.18 Å². The summed E-state index contributed by atoms with van der Waals surface area (Å²) in [4.78, 5) is 12.5. The van der Waals surface area contributed by atoms with Crippen LogP contribution in [0.4, 0.5) is 13.2 Å². The highest BCUT2D eigenvalue weighted by atomic mass is 32.1. The van der Waals surface area contributed by atoms with Crippen LogP contribution >= 0.6 is 11.3 Å². The van der Waals surface area contributed by atoms with Crippen LogP contribution in [0.1, 0.15) is 26.9 Å². The first kappa shape index (κ1) is 15.5. The Bertz CT molecular complexity index is 611. The Hall–Kier alpha value is -1.86. The van der Waals surface area contributed by atoms with Gasteiger partial charge in [-0.2, -0.15) is 13.2 Å². The normalized spacial score (nSPS) is 13.0. The standard InChI is InChI=1S/C14H12F3NO2S/c15-14(16,17)10-5-2-1-4-9(10)13(20)18-8-11(19)12-6-3-7-21-12/h1-7,11,19H,8H2,(H,18,20). The van der Waals surface area contributed by atoms with E-state index in [1.807, 2.05) is 0 Å². The fourth-order valence-electron chi connectivity index (χ4n) is 1.79. The first-order chi connectivity index (χ1) is 9.89. The van der Waals surface area contributed by atoms with Gasteiger partial charge < -0.3 is 10.4 Å². The lowest BCUT2D eigenvalue weighted by atomic mass is 10.1. The molecule has 0 aliphatic carbocycles. The van der Waals surface area contributed by atoms with Crippen molar-refractivity contribution in [2.75, 3.05) is 6.54 Å². The second kappa shape index (κ2) is 6.28. The third-order valence-corrected chi connectivity index (χ3v) is 3.78. The van der Waals surface area contributed by atoms with Crippen molar-refractivity contribution in [2.24, 2.45) is 0 Å². The Kier molecular flexibility index (Phi) is 4.64. The number of alkyl halides is 3. The molecule has 0 aliphatic heterocycles. The van der Waals surface area contributed by atoms with Crippen molar-refractivity contribution in [1.82, 2.24) is 5.32 Å².